The van der Waals surface area contributed by atoms with Gasteiger partial charge in [0.1, 0.15) is 0 Å². The van der Waals surface area contributed by atoms with E-state index in [1.54, 1.807) is 0 Å². The minimum Gasteiger partial charge on any atom is -0.410 e. The van der Waals surface area contributed by atoms with Crippen LogP contribution in [0.2, 0.25) is 0 Å². The molecular formula is C8H10KN3OS3. The minimum absolute atomic E-state index is 0. The van der Waals surface area contributed by atoms with E-state index in [-0.39, 0.29) is 61.6 Å². The molecule has 1 amide bonds. The van der Waals surface area contributed by atoms with E-state index in [1.807, 2.05) is 19.2 Å². The summed E-state index contributed by atoms with van der Waals surface area (Å²) in [5.41, 5.74) is 5.67. The van der Waals surface area contributed by atoms with E-state index in [0.717, 1.165) is 5.69 Å². The topological polar surface area (TPSA) is 54.0 Å². The van der Waals surface area contributed by atoms with Crippen LogP contribution in [0.15, 0.2) is 5.38 Å². The predicted molar refractivity (Wildman–Crippen MR) is 66.8 cm³/mol. The number of nitrogens with one attached hydrogen (secondary N) is 2. The van der Waals surface area contributed by atoms with Crippen molar-refractivity contribution in [3.63, 3.8) is 0 Å². The summed E-state index contributed by atoms with van der Waals surface area (Å²) in [6.07, 6.45) is 0. The van der Waals surface area contributed by atoms with Crippen LogP contribution in [0, 0.1) is 0 Å². The van der Waals surface area contributed by atoms with Crippen LogP contribution in [0.5, 0.6) is 0 Å². The molecule has 0 aliphatic rings. The molecule has 0 saturated heterocycles. The molecule has 0 radical (unpaired) electrons. The molecule has 0 unspecified atom stereocenters. The fourth-order valence-corrected chi connectivity index (χ4v) is 1.79. The van der Waals surface area contributed by atoms with Gasteiger partial charge in [0.25, 0.3) is 5.91 Å². The van der Waals surface area contributed by atoms with Crippen LogP contribution in [0.3, 0.4) is 0 Å². The Morgan fingerprint density at radius 1 is 1.56 bits per heavy atom. The zero-order chi connectivity index (χ0) is 11.4. The van der Waals surface area contributed by atoms with Gasteiger partial charge in [0, 0.05) is 5.38 Å². The molecule has 1 aromatic heterocycles. The number of amides is 1. The number of thiazole rings is 1. The quantitative estimate of drug-likeness (QED) is 0.296. The molecule has 1 rings (SSSR count). The van der Waals surface area contributed by atoms with E-state index < -0.39 is 0 Å². The number of hydrazine groups is 1. The average Bonchev–Trinajstić information content (AvgIpc) is 2.62. The molecule has 82 valence electrons. The summed E-state index contributed by atoms with van der Waals surface area (Å²) < 4.78 is 0.101. The summed E-state index contributed by atoms with van der Waals surface area (Å²) in [6.45, 7) is 4.04. The van der Waals surface area contributed by atoms with Crippen molar-refractivity contribution in [2.24, 2.45) is 0 Å². The molecule has 0 atom stereocenters. The summed E-state index contributed by atoms with van der Waals surface area (Å²) in [6, 6.07) is 0. The van der Waals surface area contributed by atoms with Crippen LogP contribution >= 0.6 is 23.6 Å². The maximum Gasteiger partial charge on any atom is 1.00 e. The van der Waals surface area contributed by atoms with E-state index in [9.17, 15) is 4.79 Å². The molecule has 4 nitrogen and oxygen atoms in total. The Bertz CT molecular complexity index is 380. The van der Waals surface area contributed by atoms with Gasteiger partial charge >= 0.3 is 51.4 Å². The zero-order valence-corrected chi connectivity index (χ0v) is 14.8. The molecule has 0 saturated carbocycles. The molecular weight excluding hydrogens is 289 g/mol. The van der Waals surface area contributed by atoms with Crippen molar-refractivity contribution in [1.82, 2.24) is 15.8 Å². The number of nitrogens with zero attached hydrogens (tertiary/aromatic N) is 1. The van der Waals surface area contributed by atoms with Gasteiger partial charge in [-0.2, -0.15) is 0 Å². The molecule has 0 fully saturated rings. The minimum atomic E-state index is -0.320. The summed E-state index contributed by atoms with van der Waals surface area (Å²) in [7, 11) is 0. The van der Waals surface area contributed by atoms with Crippen LogP contribution in [0.4, 0.5) is 0 Å². The Balaban J connectivity index is 0.00000225. The number of hydrogen-bond donors (Lipinski definition) is 2. The second-order valence-electron chi connectivity index (χ2n) is 3.10. The van der Waals surface area contributed by atoms with Gasteiger partial charge in [-0.1, -0.05) is 13.8 Å². The zero-order valence-electron chi connectivity index (χ0n) is 9.23. The third-order valence-corrected chi connectivity index (χ3v) is 2.65. The molecule has 8 heteroatoms. The van der Waals surface area contributed by atoms with Crippen molar-refractivity contribution in [3.05, 3.63) is 16.1 Å². The number of thiocarbonyl (C=S) groups is 1. The average molecular weight is 299 g/mol. The van der Waals surface area contributed by atoms with E-state index in [1.165, 1.54) is 11.3 Å². The van der Waals surface area contributed by atoms with E-state index in [2.05, 4.69) is 40.7 Å². The van der Waals surface area contributed by atoms with Gasteiger partial charge in [0.2, 0.25) is 0 Å². The van der Waals surface area contributed by atoms with Gasteiger partial charge in [-0.25, -0.2) is 4.98 Å². The Hall–Kier alpha value is 0.846. The molecule has 16 heavy (non-hydrogen) atoms. The van der Waals surface area contributed by atoms with Gasteiger partial charge in [-0.3, -0.25) is 10.2 Å². The number of rotatable bonds is 2. The number of carbonyl (C=O) groups excluding carboxylic acids is 1. The van der Waals surface area contributed by atoms with Crippen LogP contribution in [0.25, 0.3) is 0 Å². The molecule has 0 aromatic carbocycles. The van der Waals surface area contributed by atoms with Crippen molar-refractivity contribution in [3.8, 4) is 0 Å². The first-order chi connectivity index (χ1) is 7.00. The first-order valence-electron chi connectivity index (χ1n) is 4.23. The largest absolute Gasteiger partial charge is 1.00 e. The Kier molecular flexibility index (Phi) is 8.46. The van der Waals surface area contributed by atoms with Gasteiger partial charge < -0.3 is 30.3 Å². The third-order valence-electron chi connectivity index (χ3n) is 1.59. The normalized spacial score (nSPS) is 9.44. The summed E-state index contributed by atoms with van der Waals surface area (Å²) in [5, 5.41) is 2.27. The molecule has 1 heterocycles. The molecule has 0 bridgehead atoms. The fraction of sp³-hybridized carbons (Fsp3) is 0.375. The first kappa shape index (κ1) is 16.8. The maximum atomic E-state index is 11.5. The fourth-order valence-electron chi connectivity index (χ4n) is 0.817. The summed E-state index contributed by atoms with van der Waals surface area (Å²) in [4.78, 5) is 15.6. The van der Waals surface area contributed by atoms with Crippen molar-refractivity contribution >= 4 is 46.4 Å². The van der Waals surface area contributed by atoms with E-state index in [0.29, 0.717) is 10.9 Å². The SMILES string of the molecule is CC(C)c1csc(C(=O)NNC(=S)[S-])n1.[K+]. The molecule has 0 aliphatic heterocycles. The van der Waals surface area contributed by atoms with E-state index in [4.69, 9.17) is 0 Å². The number of carbonyl (C=O) groups is 1. The predicted octanol–water partition coefficient (Wildman–Crippen LogP) is -1.66. The monoisotopic (exact) mass is 299 g/mol. The van der Waals surface area contributed by atoms with Gasteiger partial charge in [0.15, 0.2) is 5.01 Å². The van der Waals surface area contributed by atoms with Crippen LogP contribution in [-0.2, 0) is 12.6 Å². The molecule has 0 spiro atoms. The van der Waals surface area contributed by atoms with Crippen molar-refractivity contribution < 1.29 is 56.2 Å². The van der Waals surface area contributed by atoms with E-state index >= 15 is 0 Å². The van der Waals surface area contributed by atoms with Gasteiger partial charge in [-0.05, 0) is 10.2 Å². The van der Waals surface area contributed by atoms with Crippen LogP contribution < -0.4 is 62.2 Å². The maximum absolute atomic E-state index is 11.5. The number of aromatic nitrogens is 1. The van der Waals surface area contributed by atoms with Gasteiger partial charge in [0.05, 0.1) is 5.69 Å². The van der Waals surface area contributed by atoms with Crippen molar-refractivity contribution in [2.75, 3.05) is 0 Å². The van der Waals surface area contributed by atoms with Crippen LogP contribution in [-0.4, -0.2) is 15.2 Å². The smallest absolute Gasteiger partial charge is 0.410 e. The molecule has 0 aliphatic carbocycles. The van der Waals surface area contributed by atoms with Crippen LogP contribution in [0.1, 0.15) is 35.3 Å². The summed E-state index contributed by atoms with van der Waals surface area (Å²) in [5.74, 6) is -0.00473. The van der Waals surface area contributed by atoms with Crippen molar-refractivity contribution in [2.45, 2.75) is 19.8 Å². The number of hydrogen-bond acceptors (Lipinski definition) is 5. The molecule has 2 N–H and O–H groups in total. The second-order valence-corrected chi connectivity index (χ2v) is 5.03. The van der Waals surface area contributed by atoms with Crippen molar-refractivity contribution in [1.29, 1.82) is 0 Å². The Labute approximate surface area is 152 Å². The third kappa shape index (κ3) is 5.45. The molecule has 1 aromatic rings. The Morgan fingerprint density at radius 3 is 2.62 bits per heavy atom. The second kappa shape index (κ2) is 8.04. The first-order valence-corrected chi connectivity index (χ1v) is 5.93. The summed E-state index contributed by atoms with van der Waals surface area (Å²) >= 11 is 10.5. The van der Waals surface area contributed by atoms with Gasteiger partial charge in [-0.15, -0.1) is 11.3 Å². The Morgan fingerprint density at radius 2 is 2.19 bits per heavy atom. The standard InChI is InChI=1S/C8H11N3OS3.K/c1-4(2)5-3-15-7(9-5)6(12)10-11-8(13)14;/h3-4H,1-2H3,(H,10,12)(H2,11,13,14);/q;+1/p-1.